The lowest BCUT2D eigenvalue weighted by atomic mass is 10.2. The highest BCUT2D eigenvalue weighted by molar-refractivity contribution is 7.13. The van der Waals surface area contributed by atoms with E-state index in [9.17, 15) is 4.79 Å². The monoisotopic (exact) mass is 424 g/mol. The summed E-state index contributed by atoms with van der Waals surface area (Å²) >= 11 is 1.57. The molecule has 0 N–H and O–H groups in total. The Labute approximate surface area is 179 Å². The van der Waals surface area contributed by atoms with E-state index in [4.69, 9.17) is 9.51 Å². The van der Waals surface area contributed by atoms with Gasteiger partial charge in [0.2, 0.25) is 5.95 Å². The average Bonchev–Trinajstić information content (AvgIpc) is 3.55. The van der Waals surface area contributed by atoms with E-state index >= 15 is 0 Å². The fraction of sp³-hybridized carbons (Fsp3) is 0.429. The normalized spacial score (nSPS) is 17.0. The molecule has 0 spiro atoms. The van der Waals surface area contributed by atoms with Crippen molar-refractivity contribution >= 4 is 29.0 Å². The maximum atomic E-state index is 12.9. The lowest BCUT2D eigenvalue weighted by molar-refractivity contribution is 0.0736. The maximum absolute atomic E-state index is 12.9. The number of carbonyl (C=O) groups is 1. The van der Waals surface area contributed by atoms with Gasteiger partial charge in [0.25, 0.3) is 5.91 Å². The zero-order valence-electron chi connectivity index (χ0n) is 17.0. The Kier molecular flexibility index (Phi) is 5.12. The van der Waals surface area contributed by atoms with Gasteiger partial charge in [-0.05, 0) is 31.2 Å². The van der Waals surface area contributed by atoms with Crippen LogP contribution in [0.3, 0.4) is 0 Å². The topological polar surface area (TPSA) is 78.6 Å². The molecule has 3 aromatic rings. The number of hydrogen-bond acceptors (Lipinski definition) is 8. The lowest BCUT2D eigenvalue weighted by Gasteiger charge is -2.35. The third kappa shape index (κ3) is 3.77. The van der Waals surface area contributed by atoms with Gasteiger partial charge in [-0.1, -0.05) is 11.2 Å². The standard InChI is InChI=1S/C21H24N6O2S/c1-15-13-19(23-21(22-15)27-6-2-3-7-27)25-8-10-26(11-9-25)20(28)16-14-17(29-24-16)18-5-4-12-30-18/h4-5,12-14H,2-3,6-11H2,1H3. The van der Waals surface area contributed by atoms with Crippen LogP contribution in [0.4, 0.5) is 11.8 Å². The molecule has 8 nitrogen and oxygen atoms in total. The molecule has 0 aromatic carbocycles. The first kappa shape index (κ1) is 19.0. The molecule has 5 heterocycles. The minimum atomic E-state index is -0.0853. The van der Waals surface area contributed by atoms with Gasteiger partial charge in [0, 0.05) is 57.1 Å². The summed E-state index contributed by atoms with van der Waals surface area (Å²) in [6, 6.07) is 7.67. The highest BCUT2D eigenvalue weighted by Gasteiger charge is 2.26. The van der Waals surface area contributed by atoms with Gasteiger partial charge in [-0.3, -0.25) is 4.79 Å². The molecule has 30 heavy (non-hydrogen) atoms. The van der Waals surface area contributed by atoms with Crippen molar-refractivity contribution in [1.82, 2.24) is 20.0 Å². The Morgan fingerprint density at radius 1 is 1.03 bits per heavy atom. The molecular weight excluding hydrogens is 400 g/mol. The molecule has 0 unspecified atom stereocenters. The molecule has 2 fully saturated rings. The van der Waals surface area contributed by atoms with Gasteiger partial charge < -0.3 is 19.2 Å². The SMILES string of the molecule is Cc1cc(N2CCN(C(=O)c3cc(-c4cccs4)on3)CC2)nc(N2CCCC2)n1. The molecule has 0 saturated carbocycles. The third-order valence-electron chi connectivity index (χ3n) is 5.60. The van der Waals surface area contributed by atoms with Gasteiger partial charge in [-0.25, -0.2) is 4.98 Å². The summed E-state index contributed by atoms with van der Waals surface area (Å²) in [6.07, 6.45) is 2.40. The largest absolute Gasteiger partial charge is 0.355 e. The van der Waals surface area contributed by atoms with E-state index in [1.165, 1.54) is 12.8 Å². The van der Waals surface area contributed by atoms with Gasteiger partial charge in [0.15, 0.2) is 11.5 Å². The number of piperazine rings is 1. The molecule has 156 valence electrons. The van der Waals surface area contributed by atoms with E-state index in [0.29, 0.717) is 24.5 Å². The van der Waals surface area contributed by atoms with Crippen LogP contribution in [0.2, 0.25) is 0 Å². The summed E-state index contributed by atoms with van der Waals surface area (Å²) in [5.41, 5.74) is 1.34. The predicted molar refractivity (Wildman–Crippen MR) is 116 cm³/mol. The second-order valence-corrected chi connectivity index (χ2v) is 8.64. The number of aromatic nitrogens is 3. The van der Waals surface area contributed by atoms with Crippen LogP contribution >= 0.6 is 11.3 Å². The molecular formula is C21H24N6O2S. The number of nitrogens with zero attached hydrogens (tertiary/aromatic N) is 6. The van der Waals surface area contributed by atoms with E-state index in [1.807, 2.05) is 35.4 Å². The predicted octanol–water partition coefficient (Wildman–Crippen LogP) is 3.06. The fourth-order valence-corrected chi connectivity index (χ4v) is 4.64. The maximum Gasteiger partial charge on any atom is 0.276 e. The van der Waals surface area contributed by atoms with Crippen molar-refractivity contribution in [2.24, 2.45) is 0 Å². The molecule has 9 heteroatoms. The molecule has 0 bridgehead atoms. The summed E-state index contributed by atoms with van der Waals surface area (Å²) in [4.78, 5) is 29.6. The summed E-state index contributed by atoms with van der Waals surface area (Å²) in [5, 5.41) is 5.97. The first-order valence-electron chi connectivity index (χ1n) is 10.3. The third-order valence-corrected chi connectivity index (χ3v) is 6.49. The Balaban J connectivity index is 1.25. The van der Waals surface area contributed by atoms with Crippen LogP contribution in [-0.4, -0.2) is 65.2 Å². The summed E-state index contributed by atoms with van der Waals surface area (Å²) in [5.74, 6) is 2.32. The van der Waals surface area contributed by atoms with Crippen molar-refractivity contribution in [3.63, 3.8) is 0 Å². The summed E-state index contributed by atoms with van der Waals surface area (Å²) < 4.78 is 5.37. The van der Waals surface area contributed by atoms with Crippen LogP contribution in [0.25, 0.3) is 10.6 Å². The fourth-order valence-electron chi connectivity index (χ4n) is 3.97. The Bertz CT molecular complexity index is 1020. The summed E-state index contributed by atoms with van der Waals surface area (Å²) in [6.45, 7) is 6.78. The minimum absolute atomic E-state index is 0.0853. The van der Waals surface area contributed by atoms with Crippen molar-refractivity contribution in [3.05, 3.63) is 41.0 Å². The Morgan fingerprint density at radius 2 is 1.83 bits per heavy atom. The highest BCUT2D eigenvalue weighted by atomic mass is 32.1. The van der Waals surface area contributed by atoms with Gasteiger partial charge in [0.1, 0.15) is 5.82 Å². The number of aryl methyl sites for hydroxylation is 1. The summed E-state index contributed by atoms with van der Waals surface area (Å²) in [7, 11) is 0. The number of amides is 1. The lowest BCUT2D eigenvalue weighted by Crippen LogP contribution is -2.49. The van der Waals surface area contributed by atoms with Gasteiger partial charge >= 0.3 is 0 Å². The number of rotatable bonds is 4. The van der Waals surface area contributed by atoms with Crippen molar-refractivity contribution in [2.75, 3.05) is 49.1 Å². The molecule has 0 atom stereocenters. The van der Waals surface area contributed by atoms with Gasteiger partial charge in [-0.2, -0.15) is 4.98 Å². The first-order chi connectivity index (χ1) is 14.7. The number of carbonyl (C=O) groups excluding carboxylic acids is 1. The number of anilines is 2. The highest BCUT2D eigenvalue weighted by Crippen LogP contribution is 2.26. The average molecular weight is 425 g/mol. The van der Waals surface area contributed by atoms with Crippen molar-refractivity contribution in [2.45, 2.75) is 19.8 Å². The van der Waals surface area contributed by atoms with Crippen LogP contribution < -0.4 is 9.80 Å². The van der Waals surface area contributed by atoms with E-state index in [-0.39, 0.29) is 5.91 Å². The van der Waals surface area contributed by atoms with Crippen molar-refractivity contribution < 1.29 is 9.32 Å². The molecule has 1 amide bonds. The van der Waals surface area contributed by atoms with Crippen molar-refractivity contribution in [3.8, 4) is 10.6 Å². The molecule has 3 aromatic heterocycles. The second-order valence-electron chi connectivity index (χ2n) is 7.69. The van der Waals surface area contributed by atoms with Gasteiger partial charge in [-0.15, -0.1) is 11.3 Å². The molecule has 0 radical (unpaired) electrons. The Hall–Kier alpha value is -2.94. The quantitative estimate of drug-likeness (QED) is 0.637. The van der Waals surface area contributed by atoms with Crippen LogP contribution in [0.1, 0.15) is 29.0 Å². The second kappa shape index (κ2) is 8.06. The number of hydrogen-bond donors (Lipinski definition) is 0. The number of thiophene rings is 1. The molecule has 2 aliphatic heterocycles. The molecule has 0 aliphatic carbocycles. The molecule has 2 saturated heterocycles. The van der Waals surface area contributed by atoms with E-state index in [1.54, 1.807) is 17.4 Å². The zero-order chi connectivity index (χ0) is 20.5. The minimum Gasteiger partial charge on any atom is -0.355 e. The van der Waals surface area contributed by atoms with Crippen LogP contribution in [-0.2, 0) is 0 Å². The van der Waals surface area contributed by atoms with Crippen LogP contribution in [0.5, 0.6) is 0 Å². The van der Waals surface area contributed by atoms with E-state index in [0.717, 1.165) is 48.5 Å². The first-order valence-corrected chi connectivity index (χ1v) is 11.2. The van der Waals surface area contributed by atoms with E-state index < -0.39 is 0 Å². The van der Waals surface area contributed by atoms with Crippen molar-refractivity contribution in [1.29, 1.82) is 0 Å². The molecule has 2 aliphatic rings. The molecule has 5 rings (SSSR count). The Morgan fingerprint density at radius 3 is 2.57 bits per heavy atom. The van der Waals surface area contributed by atoms with Gasteiger partial charge in [0.05, 0.1) is 4.88 Å². The smallest absolute Gasteiger partial charge is 0.276 e. The van der Waals surface area contributed by atoms with Crippen LogP contribution in [0.15, 0.2) is 34.2 Å². The van der Waals surface area contributed by atoms with Crippen LogP contribution in [0, 0.1) is 6.92 Å². The zero-order valence-corrected chi connectivity index (χ0v) is 17.8. The van der Waals surface area contributed by atoms with E-state index in [2.05, 4.69) is 19.9 Å².